The molecule has 1 aromatic carbocycles. The second-order valence-electron chi connectivity index (χ2n) is 2.90. The molecule has 0 aliphatic carbocycles. The van der Waals surface area contributed by atoms with Crippen molar-refractivity contribution in [2.45, 2.75) is 0 Å². The van der Waals surface area contributed by atoms with Gasteiger partial charge in [0.15, 0.2) is 0 Å². The van der Waals surface area contributed by atoms with Crippen molar-refractivity contribution in [1.29, 1.82) is 0 Å². The second kappa shape index (κ2) is 4.45. The van der Waals surface area contributed by atoms with Crippen LogP contribution in [0, 0.1) is 0 Å². The molecule has 0 amide bonds. The molecule has 0 fully saturated rings. The van der Waals surface area contributed by atoms with Crippen molar-refractivity contribution in [3.05, 3.63) is 57.2 Å². The van der Waals surface area contributed by atoms with Crippen molar-refractivity contribution in [2.24, 2.45) is 0 Å². The third-order valence-electron chi connectivity index (χ3n) is 1.85. The minimum absolute atomic E-state index is 0.776. The fourth-order valence-electron chi connectivity index (χ4n) is 1.14. The zero-order chi connectivity index (χ0) is 9.80. The molecule has 0 aliphatic heterocycles. The van der Waals surface area contributed by atoms with Crippen molar-refractivity contribution in [3.63, 3.8) is 0 Å². The molecule has 2 rings (SSSR count). The molecular formula is C12H9ClS. The third-order valence-corrected chi connectivity index (χ3v) is 2.94. The van der Waals surface area contributed by atoms with Gasteiger partial charge in [0.25, 0.3) is 0 Å². The van der Waals surface area contributed by atoms with Gasteiger partial charge >= 0.3 is 0 Å². The highest BCUT2D eigenvalue weighted by molar-refractivity contribution is 7.10. The van der Waals surface area contributed by atoms with Crippen LogP contribution in [0.1, 0.15) is 10.4 Å². The van der Waals surface area contributed by atoms with Gasteiger partial charge < -0.3 is 0 Å². The Kier molecular flexibility index (Phi) is 3.02. The summed E-state index contributed by atoms with van der Waals surface area (Å²) >= 11 is 7.52. The predicted octanol–water partition coefficient (Wildman–Crippen LogP) is 4.57. The topological polar surface area (TPSA) is 0 Å². The monoisotopic (exact) mass is 220 g/mol. The van der Waals surface area contributed by atoms with Crippen LogP contribution in [-0.2, 0) is 0 Å². The van der Waals surface area contributed by atoms with Crippen molar-refractivity contribution < 1.29 is 0 Å². The van der Waals surface area contributed by atoms with E-state index in [1.807, 2.05) is 30.3 Å². The molecule has 0 saturated heterocycles. The fraction of sp³-hybridized carbons (Fsp3) is 0. The summed E-state index contributed by atoms with van der Waals surface area (Å²) in [6.07, 6.45) is 4.19. The van der Waals surface area contributed by atoms with Gasteiger partial charge in [-0.3, -0.25) is 0 Å². The van der Waals surface area contributed by atoms with Gasteiger partial charge in [-0.2, -0.15) is 0 Å². The number of halogens is 1. The van der Waals surface area contributed by atoms with E-state index in [-0.39, 0.29) is 0 Å². The van der Waals surface area contributed by atoms with Gasteiger partial charge in [0.05, 0.1) is 0 Å². The van der Waals surface area contributed by atoms with Crippen molar-refractivity contribution in [3.8, 4) is 0 Å². The molecule has 0 bridgehead atoms. The lowest BCUT2D eigenvalue weighted by Gasteiger charge is -1.92. The Hall–Kier alpha value is -1.05. The normalized spacial score (nSPS) is 10.9. The van der Waals surface area contributed by atoms with Gasteiger partial charge in [-0.1, -0.05) is 35.9 Å². The Bertz CT molecular complexity index is 412. The van der Waals surface area contributed by atoms with E-state index in [4.69, 9.17) is 11.6 Å². The maximum atomic E-state index is 5.79. The molecule has 0 atom stereocenters. The first-order valence-corrected chi connectivity index (χ1v) is 5.57. The molecule has 0 unspecified atom stereocenters. The van der Waals surface area contributed by atoms with Gasteiger partial charge in [0, 0.05) is 9.90 Å². The number of hydrogen-bond donors (Lipinski definition) is 0. The van der Waals surface area contributed by atoms with E-state index >= 15 is 0 Å². The van der Waals surface area contributed by atoms with Crippen LogP contribution in [0.3, 0.4) is 0 Å². The van der Waals surface area contributed by atoms with Crippen LogP contribution < -0.4 is 0 Å². The summed E-state index contributed by atoms with van der Waals surface area (Å²) in [5, 5.41) is 2.85. The van der Waals surface area contributed by atoms with Crippen LogP contribution in [0.5, 0.6) is 0 Å². The molecule has 0 nitrogen and oxygen atoms in total. The van der Waals surface area contributed by atoms with Crippen LogP contribution in [-0.4, -0.2) is 0 Å². The zero-order valence-electron chi connectivity index (χ0n) is 7.48. The van der Waals surface area contributed by atoms with Crippen molar-refractivity contribution in [2.75, 3.05) is 0 Å². The van der Waals surface area contributed by atoms with E-state index in [0.717, 1.165) is 5.02 Å². The van der Waals surface area contributed by atoms with Gasteiger partial charge in [0.2, 0.25) is 0 Å². The summed E-state index contributed by atoms with van der Waals surface area (Å²) in [5.74, 6) is 0. The summed E-state index contributed by atoms with van der Waals surface area (Å²) < 4.78 is 0. The lowest BCUT2D eigenvalue weighted by molar-refractivity contribution is 1.66. The smallest absolute Gasteiger partial charge is 0.0406 e. The summed E-state index contributed by atoms with van der Waals surface area (Å²) in [4.78, 5) is 1.26. The van der Waals surface area contributed by atoms with E-state index in [2.05, 4.69) is 23.6 Å². The summed E-state index contributed by atoms with van der Waals surface area (Å²) in [5.41, 5.74) is 1.17. The summed E-state index contributed by atoms with van der Waals surface area (Å²) in [6, 6.07) is 12.0. The number of thiophene rings is 1. The van der Waals surface area contributed by atoms with Crippen molar-refractivity contribution >= 4 is 35.1 Å². The van der Waals surface area contributed by atoms with Gasteiger partial charge in [-0.15, -0.1) is 11.3 Å². The summed E-state index contributed by atoms with van der Waals surface area (Å²) in [6.45, 7) is 0. The highest BCUT2D eigenvalue weighted by Gasteiger charge is 1.88. The van der Waals surface area contributed by atoms with Crippen LogP contribution in [0.15, 0.2) is 41.8 Å². The van der Waals surface area contributed by atoms with Gasteiger partial charge in [-0.25, -0.2) is 0 Å². The SMILES string of the molecule is Clc1ccc(/C=C\c2cccs2)cc1. The minimum Gasteiger partial charge on any atom is -0.144 e. The lowest BCUT2D eigenvalue weighted by atomic mass is 10.2. The molecule has 0 radical (unpaired) electrons. The molecule has 70 valence electrons. The molecule has 0 N–H and O–H groups in total. The third kappa shape index (κ3) is 2.47. The molecule has 1 aromatic heterocycles. The predicted molar refractivity (Wildman–Crippen MR) is 64.7 cm³/mol. The molecule has 1 heterocycles. The average molecular weight is 221 g/mol. The van der Waals surface area contributed by atoms with E-state index in [9.17, 15) is 0 Å². The van der Waals surface area contributed by atoms with Gasteiger partial charge in [-0.05, 0) is 35.2 Å². The molecule has 0 saturated carbocycles. The standard InChI is InChI=1S/C12H9ClS/c13-11-6-3-10(4-7-11)5-8-12-2-1-9-14-12/h1-9H/b8-5-. The van der Waals surface area contributed by atoms with E-state index < -0.39 is 0 Å². The minimum atomic E-state index is 0.776. The zero-order valence-corrected chi connectivity index (χ0v) is 9.05. The molecule has 2 heteroatoms. The van der Waals surface area contributed by atoms with E-state index in [1.54, 1.807) is 11.3 Å². The Balaban J connectivity index is 2.15. The van der Waals surface area contributed by atoms with Gasteiger partial charge in [0.1, 0.15) is 0 Å². The van der Waals surface area contributed by atoms with Crippen LogP contribution in [0.25, 0.3) is 12.2 Å². The quantitative estimate of drug-likeness (QED) is 0.696. The molecule has 0 spiro atoms. The highest BCUT2D eigenvalue weighted by Crippen LogP contribution is 2.15. The molecule has 14 heavy (non-hydrogen) atoms. The number of benzene rings is 1. The first-order valence-electron chi connectivity index (χ1n) is 4.32. The first kappa shape index (κ1) is 9.50. The largest absolute Gasteiger partial charge is 0.144 e. The average Bonchev–Trinajstić information content (AvgIpc) is 2.70. The Morgan fingerprint density at radius 3 is 2.43 bits per heavy atom. The number of hydrogen-bond acceptors (Lipinski definition) is 1. The molecular weight excluding hydrogens is 212 g/mol. The number of rotatable bonds is 2. The van der Waals surface area contributed by atoms with Crippen molar-refractivity contribution in [1.82, 2.24) is 0 Å². The fourth-order valence-corrected chi connectivity index (χ4v) is 1.88. The van der Waals surface area contributed by atoms with E-state index in [0.29, 0.717) is 0 Å². The molecule has 0 aliphatic rings. The molecule has 2 aromatic rings. The van der Waals surface area contributed by atoms with Crippen LogP contribution in [0.2, 0.25) is 5.02 Å². The first-order chi connectivity index (χ1) is 6.84. The van der Waals surface area contributed by atoms with Crippen LogP contribution >= 0.6 is 22.9 Å². The maximum Gasteiger partial charge on any atom is 0.0406 e. The van der Waals surface area contributed by atoms with Crippen LogP contribution in [0.4, 0.5) is 0 Å². The highest BCUT2D eigenvalue weighted by atomic mass is 35.5. The Morgan fingerprint density at radius 2 is 1.79 bits per heavy atom. The van der Waals surface area contributed by atoms with E-state index in [1.165, 1.54) is 10.4 Å². The Labute approximate surface area is 92.5 Å². The Morgan fingerprint density at radius 1 is 1.00 bits per heavy atom. The maximum absolute atomic E-state index is 5.79. The lowest BCUT2D eigenvalue weighted by Crippen LogP contribution is -1.69. The second-order valence-corrected chi connectivity index (χ2v) is 4.32. The summed E-state index contributed by atoms with van der Waals surface area (Å²) in [7, 11) is 0.